The lowest BCUT2D eigenvalue weighted by Gasteiger charge is -2.13. The van der Waals surface area contributed by atoms with Crippen LogP contribution in [0.15, 0.2) is 30.3 Å². The highest BCUT2D eigenvalue weighted by molar-refractivity contribution is 6.06. The second-order valence-electron chi connectivity index (χ2n) is 5.19. The molecular weight excluding hydrogens is 253 g/mol. The zero-order chi connectivity index (χ0) is 14.9. The zero-order valence-corrected chi connectivity index (χ0v) is 12.2. The highest BCUT2D eigenvalue weighted by Crippen LogP contribution is 2.23. The van der Waals surface area contributed by atoms with Crippen LogP contribution in [0, 0.1) is 33.5 Å². The summed E-state index contributed by atoms with van der Waals surface area (Å²) in [4.78, 5) is 12.3. The van der Waals surface area contributed by atoms with E-state index in [2.05, 4.69) is 5.32 Å². The van der Waals surface area contributed by atoms with Crippen molar-refractivity contribution in [3.05, 3.63) is 64.0 Å². The Morgan fingerprint density at radius 3 is 2.10 bits per heavy atom. The standard InChI is InChI=1S/C17H18FNO/c1-10-7-12(3)16(13(4)8-10)19-17(20)15-6-5-14(18)9-11(15)2/h5-9H,1-4H3,(H,19,20). The van der Waals surface area contributed by atoms with Crippen molar-refractivity contribution < 1.29 is 9.18 Å². The average Bonchev–Trinajstić information content (AvgIpc) is 2.33. The predicted octanol–water partition coefficient (Wildman–Crippen LogP) is 4.31. The van der Waals surface area contributed by atoms with E-state index in [1.807, 2.05) is 32.9 Å². The topological polar surface area (TPSA) is 29.1 Å². The van der Waals surface area contributed by atoms with Gasteiger partial charge in [-0.2, -0.15) is 0 Å². The Labute approximate surface area is 118 Å². The summed E-state index contributed by atoms with van der Waals surface area (Å²) in [6, 6.07) is 8.24. The maximum absolute atomic E-state index is 13.1. The third-order valence-electron chi connectivity index (χ3n) is 3.35. The minimum atomic E-state index is -0.332. The molecule has 3 heteroatoms. The molecule has 0 atom stereocenters. The Kier molecular flexibility index (Phi) is 3.89. The number of carbonyl (C=O) groups excluding carboxylic acids is 1. The zero-order valence-electron chi connectivity index (χ0n) is 12.2. The van der Waals surface area contributed by atoms with E-state index in [4.69, 9.17) is 0 Å². The van der Waals surface area contributed by atoms with E-state index in [1.165, 1.54) is 18.2 Å². The van der Waals surface area contributed by atoms with Crippen LogP contribution in [0.4, 0.5) is 10.1 Å². The number of rotatable bonds is 2. The maximum Gasteiger partial charge on any atom is 0.255 e. The van der Waals surface area contributed by atoms with E-state index in [1.54, 1.807) is 6.92 Å². The van der Waals surface area contributed by atoms with Crippen LogP contribution in [-0.4, -0.2) is 5.91 Å². The molecule has 2 aromatic carbocycles. The SMILES string of the molecule is Cc1cc(C)c(NC(=O)c2ccc(F)cc2C)c(C)c1. The molecule has 1 amide bonds. The molecule has 0 fully saturated rings. The van der Waals surface area contributed by atoms with Crippen LogP contribution < -0.4 is 5.32 Å². The number of hydrogen-bond donors (Lipinski definition) is 1. The van der Waals surface area contributed by atoms with Gasteiger partial charge in [-0.3, -0.25) is 4.79 Å². The number of anilines is 1. The first-order valence-corrected chi connectivity index (χ1v) is 6.54. The van der Waals surface area contributed by atoms with Gasteiger partial charge in [0.2, 0.25) is 0 Å². The van der Waals surface area contributed by atoms with Gasteiger partial charge in [-0.25, -0.2) is 4.39 Å². The predicted molar refractivity (Wildman–Crippen MR) is 79.7 cm³/mol. The summed E-state index contributed by atoms with van der Waals surface area (Å²) in [5, 5.41) is 2.92. The maximum atomic E-state index is 13.1. The van der Waals surface area contributed by atoms with Crippen LogP contribution in [0.3, 0.4) is 0 Å². The molecule has 1 N–H and O–H groups in total. The van der Waals surface area contributed by atoms with Crippen molar-refractivity contribution in [2.24, 2.45) is 0 Å². The summed E-state index contributed by atoms with van der Waals surface area (Å²) in [6.07, 6.45) is 0. The van der Waals surface area contributed by atoms with Gasteiger partial charge in [-0.05, 0) is 62.6 Å². The Morgan fingerprint density at radius 2 is 1.55 bits per heavy atom. The molecule has 0 aliphatic rings. The van der Waals surface area contributed by atoms with E-state index < -0.39 is 0 Å². The van der Waals surface area contributed by atoms with Crippen molar-refractivity contribution >= 4 is 11.6 Å². The monoisotopic (exact) mass is 271 g/mol. The minimum Gasteiger partial charge on any atom is -0.321 e. The number of carbonyl (C=O) groups is 1. The normalized spacial score (nSPS) is 10.4. The fourth-order valence-corrected chi connectivity index (χ4v) is 2.44. The van der Waals surface area contributed by atoms with Gasteiger partial charge in [0.1, 0.15) is 5.82 Å². The van der Waals surface area contributed by atoms with Crippen molar-refractivity contribution in [2.45, 2.75) is 27.7 Å². The Bertz CT molecular complexity index is 654. The average molecular weight is 271 g/mol. The molecule has 0 heterocycles. The van der Waals surface area contributed by atoms with Gasteiger partial charge in [-0.1, -0.05) is 17.7 Å². The molecule has 0 spiro atoms. The molecule has 0 aliphatic heterocycles. The van der Waals surface area contributed by atoms with Gasteiger partial charge in [0.25, 0.3) is 5.91 Å². The molecule has 0 saturated heterocycles. The number of aryl methyl sites for hydroxylation is 4. The van der Waals surface area contributed by atoms with Crippen LogP contribution in [0.1, 0.15) is 32.6 Å². The van der Waals surface area contributed by atoms with Crippen LogP contribution in [0.5, 0.6) is 0 Å². The molecular formula is C17H18FNO. The number of hydrogen-bond acceptors (Lipinski definition) is 1. The van der Waals surface area contributed by atoms with Crippen molar-refractivity contribution in [1.82, 2.24) is 0 Å². The van der Waals surface area contributed by atoms with E-state index in [0.29, 0.717) is 11.1 Å². The van der Waals surface area contributed by atoms with Crippen LogP contribution >= 0.6 is 0 Å². The lowest BCUT2D eigenvalue weighted by molar-refractivity contribution is 0.102. The second-order valence-corrected chi connectivity index (χ2v) is 5.19. The molecule has 0 saturated carbocycles. The molecule has 0 unspecified atom stereocenters. The van der Waals surface area contributed by atoms with Gasteiger partial charge < -0.3 is 5.32 Å². The Balaban J connectivity index is 2.33. The van der Waals surface area contributed by atoms with Crippen molar-refractivity contribution in [1.29, 1.82) is 0 Å². The van der Waals surface area contributed by atoms with Gasteiger partial charge in [0, 0.05) is 11.3 Å². The summed E-state index contributed by atoms with van der Waals surface area (Å²) in [5.41, 5.74) is 5.15. The Morgan fingerprint density at radius 1 is 0.950 bits per heavy atom. The lowest BCUT2D eigenvalue weighted by atomic mass is 10.0. The number of halogens is 1. The number of amides is 1. The highest BCUT2D eigenvalue weighted by Gasteiger charge is 2.12. The quantitative estimate of drug-likeness (QED) is 0.866. The van der Waals surface area contributed by atoms with E-state index in [0.717, 1.165) is 22.4 Å². The molecule has 20 heavy (non-hydrogen) atoms. The molecule has 2 aromatic rings. The van der Waals surface area contributed by atoms with Crippen LogP contribution in [-0.2, 0) is 0 Å². The van der Waals surface area contributed by atoms with Gasteiger partial charge in [-0.15, -0.1) is 0 Å². The van der Waals surface area contributed by atoms with Crippen LogP contribution in [0.2, 0.25) is 0 Å². The number of nitrogens with one attached hydrogen (secondary N) is 1. The second kappa shape index (κ2) is 5.45. The van der Waals surface area contributed by atoms with E-state index in [9.17, 15) is 9.18 Å². The van der Waals surface area contributed by atoms with E-state index >= 15 is 0 Å². The summed E-state index contributed by atoms with van der Waals surface area (Å²) in [7, 11) is 0. The summed E-state index contributed by atoms with van der Waals surface area (Å²) < 4.78 is 13.1. The third kappa shape index (κ3) is 2.87. The smallest absolute Gasteiger partial charge is 0.255 e. The van der Waals surface area contributed by atoms with Crippen molar-refractivity contribution in [3.63, 3.8) is 0 Å². The first-order valence-electron chi connectivity index (χ1n) is 6.54. The molecule has 0 radical (unpaired) electrons. The molecule has 2 rings (SSSR count). The van der Waals surface area contributed by atoms with E-state index in [-0.39, 0.29) is 11.7 Å². The van der Waals surface area contributed by atoms with Crippen molar-refractivity contribution in [2.75, 3.05) is 5.32 Å². The van der Waals surface area contributed by atoms with Gasteiger partial charge in [0.05, 0.1) is 0 Å². The molecule has 0 bridgehead atoms. The molecule has 104 valence electrons. The summed E-state index contributed by atoms with van der Waals surface area (Å²) >= 11 is 0. The molecule has 0 aromatic heterocycles. The minimum absolute atomic E-state index is 0.211. The fraction of sp³-hybridized carbons (Fsp3) is 0.235. The van der Waals surface area contributed by atoms with Gasteiger partial charge >= 0.3 is 0 Å². The largest absolute Gasteiger partial charge is 0.321 e. The third-order valence-corrected chi connectivity index (χ3v) is 3.35. The summed E-state index contributed by atoms with van der Waals surface area (Å²) in [6.45, 7) is 7.68. The first-order chi connectivity index (χ1) is 9.38. The van der Waals surface area contributed by atoms with Crippen LogP contribution in [0.25, 0.3) is 0 Å². The first kappa shape index (κ1) is 14.3. The van der Waals surface area contributed by atoms with Gasteiger partial charge in [0.15, 0.2) is 0 Å². The highest BCUT2D eigenvalue weighted by atomic mass is 19.1. The lowest BCUT2D eigenvalue weighted by Crippen LogP contribution is -2.15. The number of benzene rings is 2. The molecule has 2 nitrogen and oxygen atoms in total. The van der Waals surface area contributed by atoms with Crippen molar-refractivity contribution in [3.8, 4) is 0 Å². The summed E-state index contributed by atoms with van der Waals surface area (Å²) in [5.74, 6) is -0.542. The molecule has 0 aliphatic carbocycles. The Hall–Kier alpha value is -2.16. The fourth-order valence-electron chi connectivity index (χ4n) is 2.44.